The van der Waals surface area contributed by atoms with Crippen molar-refractivity contribution in [2.75, 3.05) is 24.2 Å². The number of thiazole rings is 1. The molecule has 2 aromatic carbocycles. The first kappa shape index (κ1) is 22.0. The number of methoxy groups -OCH3 is 1. The maximum absolute atomic E-state index is 13.1. The molecule has 0 aliphatic heterocycles. The monoisotopic (exact) mass is 478 g/mol. The lowest BCUT2D eigenvalue weighted by Crippen LogP contribution is -2.06. The van der Waals surface area contributed by atoms with E-state index < -0.39 is 22.7 Å². The molecule has 0 spiro atoms. The first-order valence-electron chi connectivity index (χ1n) is 9.26. The largest absolute Gasteiger partial charge is 0.496 e. The number of aromatic nitrogens is 2. The lowest BCUT2D eigenvalue weighted by molar-refractivity contribution is -0.137. The smallest absolute Gasteiger partial charge is 0.416 e. The van der Waals surface area contributed by atoms with E-state index in [1.165, 1.54) is 24.5 Å². The molecule has 1 unspecified atom stereocenters. The Bertz CT molecular complexity index is 1290. The fraction of sp³-hybridized carbons (Fsp3) is 0.143. The van der Waals surface area contributed by atoms with E-state index in [0.717, 1.165) is 12.1 Å². The molecule has 0 bridgehead atoms. The molecule has 6 nitrogen and oxygen atoms in total. The van der Waals surface area contributed by atoms with Gasteiger partial charge in [-0.3, -0.25) is 4.72 Å². The number of rotatable bonds is 6. The van der Waals surface area contributed by atoms with Crippen LogP contribution in [0.15, 0.2) is 58.9 Å². The molecule has 0 saturated carbocycles. The summed E-state index contributed by atoms with van der Waals surface area (Å²) in [6, 6.07) is 10.2. The number of nitrogens with one attached hydrogen (secondary N) is 2. The van der Waals surface area contributed by atoms with Gasteiger partial charge in [-0.25, -0.2) is 14.2 Å². The van der Waals surface area contributed by atoms with Crippen LogP contribution in [-0.4, -0.2) is 28.3 Å². The molecule has 2 aromatic heterocycles. The Morgan fingerprint density at radius 2 is 1.94 bits per heavy atom. The zero-order valence-electron chi connectivity index (χ0n) is 16.9. The summed E-state index contributed by atoms with van der Waals surface area (Å²) in [6.45, 7) is 0. The number of anilines is 2. The summed E-state index contributed by atoms with van der Waals surface area (Å²) in [6.07, 6.45) is -2.88. The molecule has 0 aliphatic carbocycles. The van der Waals surface area contributed by atoms with E-state index in [0.29, 0.717) is 37.9 Å². The van der Waals surface area contributed by atoms with Crippen molar-refractivity contribution < 1.29 is 22.1 Å². The zero-order valence-corrected chi connectivity index (χ0v) is 18.5. The third-order valence-electron chi connectivity index (χ3n) is 4.67. The van der Waals surface area contributed by atoms with Crippen molar-refractivity contribution >= 4 is 44.0 Å². The summed E-state index contributed by atoms with van der Waals surface area (Å²) in [5.74, 6) is 0.560. The summed E-state index contributed by atoms with van der Waals surface area (Å²) in [5.41, 5.74) is 0.0538. The van der Waals surface area contributed by atoms with Gasteiger partial charge in [-0.05, 0) is 41.8 Å². The zero-order chi connectivity index (χ0) is 22.9. The quantitative estimate of drug-likeness (QED) is 0.379. The summed E-state index contributed by atoms with van der Waals surface area (Å²) in [7, 11) is 1.46. The van der Waals surface area contributed by atoms with Crippen LogP contribution in [0.25, 0.3) is 22.0 Å². The third-order valence-corrected chi connectivity index (χ3v) is 6.55. The Balaban J connectivity index is 1.82. The average Bonchev–Trinajstić information content (AvgIpc) is 3.29. The van der Waals surface area contributed by atoms with Gasteiger partial charge < -0.3 is 10.1 Å². The highest BCUT2D eigenvalue weighted by Gasteiger charge is 2.31. The van der Waals surface area contributed by atoms with E-state index in [-0.39, 0.29) is 5.75 Å². The molecule has 32 heavy (non-hydrogen) atoms. The fourth-order valence-electron chi connectivity index (χ4n) is 3.16. The van der Waals surface area contributed by atoms with Crippen LogP contribution in [0, 0.1) is 0 Å². The number of benzene rings is 2. The summed E-state index contributed by atoms with van der Waals surface area (Å²) in [5, 5.41) is 6.65. The van der Waals surface area contributed by atoms with Crippen molar-refractivity contribution in [2.45, 2.75) is 11.1 Å². The van der Waals surface area contributed by atoms with Gasteiger partial charge >= 0.3 is 6.18 Å². The van der Waals surface area contributed by atoms with Gasteiger partial charge in [-0.2, -0.15) is 13.2 Å². The van der Waals surface area contributed by atoms with Crippen LogP contribution in [0.1, 0.15) is 5.56 Å². The lowest BCUT2D eigenvalue weighted by Gasteiger charge is -2.15. The molecule has 4 aromatic rings. The number of pyridine rings is 1. The predicted molar refractivity (Wildman–Crippen MR) is 120 cm³/mol. The summed E-state index contributed by atoms with van der Waals surface area (Å²) in [4.78, 5) is 9.14. The molecule has 11 heteroatoms. The topological polar surface area (TPSA) is 76.1 Å². The lowest BCUT2D eigenvalue weighted by atomic mass is 10.0. The minimum Gasteiger partial charge on any atom is -0.496 e. The van der Waals surface area contributed by atoms with Crippen LogP contribution >= 0.6 is 11.3 Å². The second kappa shape index (κ2) is 8.75. The Kier molecular flexibility index (Phi) is 6.02. The molecule has 0 radical (unpaired) electrons. The molecular formula is C21H17F3N4O2S2. The van der Waals surface area contributed by atoms with Gasteiger partial charge in [-0.15, -0.1) is 11.3 Å². The molecule has 0 saturated heterocycles. The molecular weight excluding hydrogens is 461 g/mol. The minimum atomic E-state index is -4.49. The number of nitrogens with zero attached hydrogens (tertiary/aromatic N) is 2. The van der Waals surface area contributed by atoms with Crippen molar-refractivity contribution in [1.29, 1.82) is 0 Å². The number of ether oxygens (including phenoxy) is 1. The highest BCUT2D eigenvalue weighted by Crippen LogP contribution is 2.39. The number of hydrogen-bond acceptors (Lipinski definition) is 6. The second-order valence-electron chi connectivity index (χ2n) is 6.61. The van der Waals surface area contributed by atoms with Crippen LogP contribution < -0.4 is 14.8 Å². The van der Waals surface area contributed by atoms with Crippen LogP contribution in [0.4, 0.5) is 24.1 Å². The SMILES string of the molecule is CNc1cc2cc(S(=O)Nc3nccs3)ccc2c(-c2ccc(C(F)(F)F)cc2OC)n1. The van der Waals surface area contributed by atoms with Crippen LogP contribution in [0.2, 0.25) is 0 Å². The molecule has 0 aliphatic rings. The van der Waals surface area contributed by atoms with Crippen molar-refractivity contribution in [3.05, 3.63) is 59.6 Å². The summed E-state index contributed by atoms with van der Waals surface area (Å²) >= 11 is 1.33. The fourth-order valence-corrected chi connectivity index (χ4v) is 4.71. The maximum atomic E-state index is 13.1. The third kappa shape index (κ3) is 4.39. The molecule has 0 fully saturated rings. The molecule has 1 atom stereocenters. The van der Waals surface area contributed by atoms with Crippen molar-refractivity contribution in [1.82, 2.24) is 9.97 Å². The van der Waals surface area contributed by atoms with E-state index in [4.69, 9.17) is 4.74 Å². The Morgan fingerprint density at radius 3 is 2.59 bits per heavy atom. The van der Waals surface area contributed by atoms with Gasteiger partial charge in [0.05, 0.1) is 23.3 Å². The van der Waals surface area contributed by atoms with Gasteiger partial charge in [-0.1, -0.05) is 6.07 Å². The first-order valence-corrected chi connectivity index (χ1v) is 11.3. The van der Waals surface area contributed by atoms with Gasteiger partial charge in [0.2, 0.25) is 0 Å². The number of hydrogen-bond donors (Lipinski definition) is 2. The standard InChI is InChI=1S/C21H17F3N4O2S2/c1-25-18-10-12-9-14(32(29)28-20-26-7-8-31-20)4-6-15(12)19(27-18)16-5-3-13(21(22,23)24)11-17(16)30-2/h3-11H,1-2H3,(H,25,27)(H,26,28). The Hall–Kier alpha value is -3.18. The minimum absolute atomic E-state index is 0.0555. The molecule has 4 rings (SSSR count). The van der Waals surface area contributed by atoms with Gasteiger partial charge in [0.15, 0.2) is 16.1 Å². The number of fused-ring (bicyclic) bond motifs is 1. The highest BCUT2D eigenvalue weighted by molar-refractivity contribution is 7.86. The number of alkyl halides is 3. The van der Waals surface area contributed by atoms with E-state index in [1.807, 2.05) is 0 Å². The Morgan fingerprint density at radius 1 is 1.12 bits per heavy atom. The van der Waals surface area contributed by atoms with Gasteiger partial charge in [0.1, 0.15) is 11.6 Å². The van der Waals surface area contributed by atoms with Crippen molar-refractivity contribution in [3.8, 4) is 17.0 Å². The van der Waals surface area contributed by atoms with E-state index in [2.05, 4.69) is 20.0 Å². The van der Waals surface area contributed by atoms with Crippen LogP contribution in [0.5, 0.6) is 5.75 Å². The highest BCUT2D eigenvalue weighted by atomic mass is 32.2. The van der Waals surface area contributed by atoms with Crippen LogP contribution in [-0.2, 0) is 17.2 Å². The predicted octanol–water partition coefficient (Wildman–Crippen LogP) is 5.56. The summed E-state index contributed by atoms with van der Waals surface area (Å²) < 4.78 is 60.2. The average molecular weight is 479 g/mol. The van der Waals surface area contributed by atoms with Gasteiger partial charge in [0.25, 0.3) is 0 Å². The van der Waals surface area contributed by atoms with Crippen molar-refractivity contribution in [3.63, 3.8) is 0 Å². The molecule has 166 valence electrons. The first-order chi connectivity index (χ1) is 15.3. The Labute approximate surface area is 188 Å². The van der Waals surface area contributed by atoms with E-state index in [1.54, 1.807) is 42.9 Å². The molecule has 2 heterocycles. The van der Waals surface area contributed by atoms with Crippen LogP contribution in [0.3, 0.4) is 0 Å². The normalized spacial score (nSPS) is 12.5. The molecule has 0 amide bonds. The van der Waals surface area contributed by atoms with Gasteiger partial charge in [0, 0.05) is 29.6 Å². The molecule has 2 N–H and O–H groups in total. The maximum Gasteiger partial charge on any atom is 0.416 e. The van der Waals surface area contributed by atoms with E-state index >= 15 is 0 Å². The van der Waals surface area contributed by atoms with Crippen molar-refractivity contribution in [2.24, 2.45) is 0 Å². The van der Waals surface area contributed by atoms with E-state index in [9.17, 15) is 17.4 Å². The second-order valence-corrected chi connectivity index (χ2v) is 8.72. The number of halogens is 3.